The number of hydrogen-bond donors (Lipinski definition) is 0. The Morgan fingerprint density at radius 1 is 0.793 bits per heavy atom. The van der Waals surface area contributed by atoms with Crippen LogP contribution in [0.1, 0.15) is 26.7 Å². The van der Waals surface area contributed by atoms with Crippen molar-refractivity contribution in [2.45, 2.75) is 19.7 Å². The quantitative estimate of drug-likeness (QED) is 0.310. The van der Waals surface area contributed by atoms with E-state index < -0.39 is 5.89 Å². The Hall–Kier alpha value is -3.59. The Labute approximate surface area is 169 Å². The van der Waals surface area contributed by atoms with Crippen LogP contribution >= 0.6 is 0 Å². The van der Waals surface area contributed by atoms with Gasteiger partial charge in [-0.25, -0.2) is 0 Å². The molecule has 0 atom stereocenters. The Balaban J connectivity index is 1.80. The third-order valence-corrected chi connectivity index (χ3v) is 5.60. The summed E-state index contributed by atoms with van der Waals surface area (Å²) in [5.41, 5.74) is 5.85. The minimum atomic E-state index is -0.714. The van der Waals surface area contributed by atoms with E-state index in [0.717, 1.165) is 60.7 Å². The molecule has 0 saturated carbocycles. The number of nitrogens with zero attached hydrogens (tertiary/aromatic N) is 1. The molecule has 3 heteroatoms. The number of pyridine rings is 1. The van der Waals surface area contributed by atoms with Crippen molar-refractivity contribution in [1.82, 2.24) is 4.98 Å². The molecular weight excluding hydrogens is 358 g/mol. The lowest BCUT2D eigenvalue weighted by atomic mass is 9.98. The summed E-state index contributed by atoms with van der Waals surface area (Å²) in [5, 5.41) is 4.24. The SMILES string of the molecule is [2H]C(C)(C)c1ccnc(-c2cc3oc4ccccc4c3c3c2oc2ccccc23)c1. The average Bonchev–Trinajstić information content (AvgIpc) is 3.30. The lowest BCUT2D eigenvalue weighted by molar-refractivity contribution is 0.663. The van der Waals surface area contributed by atoms with E-state index in [1.807, 2.05) is 68.4 Å². The second-order valence-electron chi connectivity index (χ2n) is 7.63. The molecule has 0 radical (unpaired) electrons. The van der Waals surface area contributed by atoms with Gasteiger partial charge >= 0.3 is 0 Å². The van der Waals surface area contributed by atoms with E-state index in [9.17, 15) is 0 Å². The smallest absolute Gasteiger partial charge is 0.145 e. The fraction of sp³-hybridized carbons (Fsp3) is 0.115. The van der Waals surface area contributed by atoms with Crippen LogP contribution in [-0.2, 0) is 0 Å². The van der Waals surface area contributed by atoms with Crippen molar-refractivity contribution in [3.63, 3.8) is 0 Å². The van der Waals surface area contributed by atoms with Crippen LogP contribution in [0.4, 0.5) is 0 Å². The summed E-state index contributed by atoms with van der Waals surface area (Å²) in [7, 11) is 0. The lowest BCUT2D eigenvalue weighted by Crippen LogP contribution is -1.91. The van der Waals surface area contributed by atoms with E-state index in [-0.39, 0.29) is 0 Å². The number of para-hydroxylation sites is 2. The summed E-state index contributed by atoms with van der Waals surface area (Å²) in [5.74, 6) is -0.714. The summed E-state index contributed by atoms with van der Waals surface area (Å²) in [4.78, 5) is 4.62. The summed E-state index contributed by atoms with van der Waals surface area (Å²) >= 11 is 0. The Morgan fingerprint density at radius 2 is 1.48 bits per heavy atom. The van der Waals surface area contributed by atoms with Crippen molar-refractivity contribution in [2.24, 2.45) is 0 Å². The van der Waals surface area contributed by atoms with E-state index >= 15 is 0 Å². The highest BCUT2D eigenvalue weighted by atomic mass is 16.3. The normalized spacial score (nSPS) is 13.0. The van der Waals surface area contributed by atoms with Crippen molar-refractivity contribution in [3.8, 4) is 11.3 Å². The van der Waals surface area contributed by atoms with Crippen LogP contribution in [0.25, 0.3) is 55.1 Å². The monoisotopic (exact) mass is 378 g/mol. The summed E-state index contributed by atoms with van der Waals surface area (Å²) < 4.78 is 21.0. The van der Waals surface area contributed by atoms with Gasteiger partial charge < -0.3 is 8.83 Å². The van der Waals surface area contributed by atoms with Gasteiger partial charge in [-0.05, 0) is 41.8 Å². The van der Waals surface area contributed by atoms with Crippen LogP contribution in [0.2, 0.25) is 0 Å². The minimum Gasteiger partial charge on any atom is -0.456 e. The molecule has 140 valence electrons. The number of benzene rings is 3. The zero-order valence-electron chi connectivity index (χ0n) is 17.2. The van der Waals surface area contributed by atoms with Crippen LogP contribution in [0.5, 0.6) is 0 Å². The van der Waals surface area contributed by atoms with E-state index in [1.165, 1.54) is 0 Å². The number of furan rings is 2. The first-order valence-corrected chi connectivity index (χ1v) is 9.73. The molecule has 0 aliphatic carbocycles. The van der Waals surface area contributed by atoms with Crippen molar-refractivity contribution in [2.75, 3.05) is 0 Å². The van der Waals surface area contributed by atoms with Gasteiger partial charge in [-0.1, -0.05) is 50.2 Å². The zero-order chi connectivity index (χ0) is 20.5. The predicted octanol–water partition coefficient (Wildman–Crippen LogP) is 7.67. The average molecular weight is 378 g/mol. The second-order valence-corrected chi connectivity index (χ2v) is 7.63. The molecule has 0 saturated heterocycles. The molecule has 0 aliphatic rings. The molecule has 3 aromatic carbocycles. The van der Waals surface area contributed by atoms with E-state index in [2.05, 4.69) is 17.1 Å². The third kappa shape index (κ3) is 2.34. The molecule has 3 heterocycles. The van der Waals surface area contributed by atoms with Gasteiger partial charge in [0, 0.05) is 34.7 Å². The van der Waals surface area contributed by atoms with Crippen LogP contribution < -0.4 is 0 Å². The highest BCUT2D eigenvalue weighted by Gasteiger charge is 2.21. The van der Waals surface area contributed by atoms with Crippen molar-refractivity contribution in [1.29, 1.82) is 0 Å². The van der Waals surface area contributed by atoms with Crippen LogP contribution in [0.3, 0.4) is 0 Å². The van der Waals surface area contributed by atoms with Gasteiger partial charge in [-0.3, -0.25) is 4.98 Å². The molecule has 0 N–H and O–H groups in total. The number of rotatable bonds is 2. The summed E-state index contributed by atoms with van der Waals surface area (Å²) in [6, 6.07) is 22.1. The molecule has 0 bridgehead atoms. The van der Waals surface area contributed by atoms with Gasteiger partial charge in [0.15, 0.2) is 0 Å². The fourth-order valence-electron chi connectivity index (χ4n) is 4.18. The topological polar surface area (TPSA) is 39.2 Å². The molecule has 0 aliphatic heterocycles. The highest BCUT2D eigenvalue weighted by Crippen LogP contribution is 2.44. The Morgan fingerprint density at radius 3 is 2.24 bits per heavy atom. The Kier molecular flexibility index (Phi) is 3.15. The highest BCUT2D eigenvalue weighted by molar-refractivity contribution is 6.28. The number of fused-ring (bicyclic) bond motifs is 7. The maximum atomic E-state index is 8.42. The first kappa shape index (κ1) is 15.3. The maximum absolute atomic E-state index is 8.42. The first-order chi connectivity index (χ1) is 14.5. The molecule has 0 fully saturated rings. The summed E-state index contributed by atoms with van der Waals surface area (Å²) in [6.45, 7) is 3.76. The van der Waals surface area contributed by atoms with E-state index in [1.54, 1.807) is 6.20 Å². The molecular formula is C26H19NO2. The van der Waals surface area contributed by atoms with Gasteiger partial charge in [0.25, 0.3) is 0 Å². The lowest BCUT2D eigenvalue weighted by Gasteiger charge is -2.08. The fourth-order valence-corrected chi connectivity index (χ4v) is 4.18. The van der Waals surface area contributed by atoms with Gasteiger partial charge in [0.1, 0.15) is 22.3 Å². The first-order valence-electron chi connectivity index (χ1n) is 10.2. The van der Waals surface area contributed by atoms with Crippen molar-refractivity contribution < 1.29 is 10.2 Å². The minimum absolute atomic E-state index is 0.714. The molecule has 0 spiro atoms. The van der Waals surface area contributed by atoms with E-state index in [4.69, 9.17) is 10.2 Å². The van der Waals surface area contributed by atoms with Gasteiger partial charge in [0.2, 0.25) is 0 Å². The number of aromatic nitrogens is 1. The van der Waals surface area contributed by atoms with Gasteiger partial charge in [-0.2, -0.15) is 0 Å². The van der Waals surface area contributed by atoms with Crippen molar-refractivity contribution in [3.05, 3.63) is 78.5 Å². The maximum Gasteiger partial charge on any atom is 0.145 e. The van der Waals surface area contributed by atoms with Crippen LogP contribution in [0, 0.1) is 0 Å². The third-order valence-electron chi connectivity index (χ3n) is 5.60. The predicted molar refractivity (Wildman–Crippen MR) is 118 cm³/mol. The van der Waals surface area contributed by atoms with Crippen LogP contribution in [0.15, 0.2) is 81.8 Å². The molecule has 0 unspecified atom stereocenters. The van der Waals surface area contributed by atoms with Crippen molar-refractivity contribution >= 4 is 43.9 Å². The molecule has 3 nitrogen and oxygen atoms in total. The van der Waals surface area contributed by atoms with Crippen LogP contribution in [-0.4, -0.2) is 4.98 Å². The zero-order valence-corrected chi connectivity index (χ0v) is 16.2. The second kappa shape index (κ2) is 5.95. The molecule has 6 rings (SSSR count). The Bertz CT molecular complexity index is 1580. The summed E-state index contributed by atoms with van der Waals surface area (Å²) in [6.07, 6.45) is 1.76. The molecule has 0 amide bonds. The largest absolute Gasteiger partial charge is 0.456 e. The molecule has 3 aromatic heterocycles. The number of hydrogen-bond acceptors (Lipinski definition) is 3. The molecule has 6 aromatic rings. The standard InChI is InChI=1S/C26H19NO2/c1-15(2)16-11-12-27-20(13-16)19-14-23-24(17-7-3-5-9-21(17)28-23)25-18-8-4-6-10-22(18)29-26(19)25/h3-15H,1-2H3/i15D. The van der Waals surface area contributed by atoms with E-state index in [0.29, 0.717) is 0 Å². The van der Waals surface area contributed by atoms with Gasteiger partial charge in [0.05, 0.1) is 5.69 Å². The van der Waals surface area contributed by atoms with Gasteiger partial charge in [-0.15, -0.1) is 0 Å². The molecule has 29 heavy (non-hydrogen) atoms.